The Morgan fingerprint density at radius 2 is 1.56 bits per heavy atom. The molecule has 6 rings (SSSR count). The summed E-state index contributed by atoms with van der Waals surface area (Å²) >= 11 is 1.84. The first-order valence-corrected chi connectivity index (χ1v) is 15.2. The highest BCUT2D eigenvalue weighted by Crippen LogP contribution is 2.54. The molecule has 0 aliphatic carbocycles. The van der Waals surface area contributed by atoms with Crippen LogP contribution in [-0.2, 0) is 27.1 Å². The molecule has 3 atom stereocenters. The van der Waals surface area contributed by atoms with Gasteiger partial charge in [-0.2, -0.15) is 13.2 Å². The quantitative estimate of drug-likeness (QED) is 0.267. The van der Waals surface area contributed by atoms with Crippen LogP contribution in [0, 0.1) is 5.92 Å². The number of methoxy groups -OCH3 is 2. The zero-order valence-corrected chi connectivity index (χ0v) is 25.3. The average molecular weight is 656 g/mol. The van der Waals surface area contributed by atoms with E-state index in [0.717, 1.165) is 46.2 Å². The van der Waals surface area contributed by atoms with E-state index < -0.39 is 51.4 Å². The van der Waals surface area contributed by atoms with Gasteiger partial charge in [-0.05, 0) is 60.2 Å². The van der Waals surface area contributed by atoms with E-state index in [4.69, 9.17) is 9.47 Å². The molecule has 3 heterocycles. The fourth-order valence-electron chi connectivity index (χ4n) is 5.52. The van der Waals surface area contributed by atoms with Gasteiger partial charge in [-0.15, -0.1) is 0 Å². The number of alkyl halides is 3. The number of thiazole rings is 1. The minimum atomic E-state index is -4.68. The number of thioether (sulfide) groups is 1. The van der Waals surface area contributed by atoms with Crippen molar-refractivity contribution in [3.8, 4) is 11.5 Å². The molecule has 14 heteroatoms. The summed E-state index contributed by atoms with van der Waals surface area (Å²) in [6.45, 7) is -0.365. The fourth-order valence-corrected chi connectivity index (χ4v) is 8.29. The number of imide groups is 1. The molecule has 1 aromatic heterocycles. The number of carbonyl (C=O) groups excluding carboxylic acids is 3. The van der Waals surface area contributed by atoms with Crippen LogP contribution in [0.2, 0.25) is 0 Å². The molecular weight excluding hydrogens is 631 g/mol. The molecule has 4 aromatic rings. The highest BCUT2D eigenvalue weighted by atomic mass is 32.2. The van der Waals surface area contributed by atoms with Crippen molar-refractivity contribution in [2.75, 3.05) is 24.4 Å². The van der Waals surface area contributed by atoms with Crippen molar-refractivity contribution in [2.24, 2.45) is 5.92 Å². The second kappa shape index (κ2) is 11.7. The monoisotopic (exact) mass is 655 g/mol. The van der Waals surface area contributed by atoms with E-state index in [1.54, 1.807) is 48.5 Å². The van der Waals surface area contributed by atoms with Crippen molar-refractivity contribution in [1.29, 1.82) is 0 Å². The smallest absolute Gasteiger partial charge is 0.416 e. The molecule has 9 nitrogen and oxygen atoms in total. The van der Waals surface area contributed by atoms with Crippen LogP contribution < -0.4 is 24.6 Å². The van der Waals surface area contributed by atoms with Crippen LogP contribution >= 0.6 is 23.1 Å². The molecule has 0 bridgehead atoms. The molecule has 232 valence electrons. The third-order valence-electron chi connectivity index (χ3n) is 7.63. The number of anilines is 2. The zero-order chi connectivity index (χ0) is 32.0. The summed E-state index contributed by atoms with van der Waals surface area (Å²) < 4.78 is 52.2. The molecular formula is C31H24F3N3O6S2. The number of fused-ring (bicyclic) bond motifs is 2. The Labute approximate surface area is 262 Å². The lowest BCUT2D eigenvalue weighted by Gasteiger charge is -2.30. The Morgan fingerprint density at radius 3 is 2.18 bits per heavy atom. The van der Waals surface area contributed by atoms with Gasteiger partial charge in [-0.25, -0.2) is 4.90 Å². The number of nitrogens with one attached hydrogen (secondary N) is 1. The van der Waals surface area contributed by atoms with Gasteiger partial charge in [0.1, 0.15) is 23.3 Å². The normalized spacial score (nSPS) is 19.2. The number of hydrogen-bond donors (Lipinski definition) is 1. The van der Waals surface area contributed by atoms with Crippen LogP contribution in [0.25, 0.3) is 0 Å². The van der Waals surface area contributed by atoms with Gasteiger partial charge in [0.05, 0.1) is 36.4 Å². The summed E-state index contributed by atoms with van der Waals surface area (Å²) in [5.74, 6) is -2.53. The predicted molar refractivity (Wildman–Crippen MR) is 162 cm³/mol. The maximum absolute atomic E-state index is 14.0. The second-order valence-electron chi connectivity index (χ2n) is 10.3. The van der Waals surface area contributed by atoms with Crippen molar-refractivity contribution in [3.05, 3.63) is 98.5 Å². The summed E-state index contributed by atoms with van der Waals surface area (Å²) in [7, 11) is 3.01. The van der Waals surface area contributed by atoms with Crippen LogP contribution in [0.5, 0.6) is 11.5 Å². The molecule has 2 aliphatic heterocycles. The number of rotatable bonds is 7. The summed E-state index contributed by atoms with van der Waals surface area (Å²) in [6.07, 6.45) is -4.68. The summed E-state index contributed by atoms with van der Waals surface area (Å²) in [4.78, 5) is 55.0. The van der Waals surface area contributed by atoms with Gasteiger partial charge in [-0.3, -0.25) is 23.7 Å². The van der Waals surface area contributed by atoms with Crippen molar-refractivity contribution < 1.29 is 37.0 Å². The fraction of sp³-hybridized carbons (Fsp3) is 0.226. The molecule has 0 radical (unpaired) electrons. The van der Waals surface area contributed by atoms with Crippen molar-refractivity contribution in [1.82, 2.24) is 4.57 Å². The lowest BCUT2D eigenvalue weighted by Crippen LogP contribution is -2.33. The van der Waals surface area contributed by atoms with Crippen LogP contribution in [-0.4, -0.2) is 41.8 Å². The highest BCUT2D eigenvalue weighted by molar-refractivity contribution is 8.00. The Kier molecular flexibility index (Phi) is 7.95. The van der Waals surface area contributed by atoms with Gasteiger partial charge in [0.15, 0.2) is 0 Å². The molecule has 2 aliphatic rings. The number of aromatic nitrogens is 1. The van der Waals surface area contributed by atoms with Crippen LogP contribution in [0.3, 0.4) is 0 Å². The molecule has 45 heavy (non-hydrogen) atoms. The Bertz CT molecular complexity index is 1850. The zero-order valence-electron chi connectivity index (χ0n) is 23.7. The van der Waals surface area contributed by atoms with E-state index in [-0.39, 0.29) is 12.2 Å². The summed E-state index contributed by atoms with van der Waals surface area (Å²) in [5, 5.41) is 2.03. The largest absolute Gasteiger partial charge is 0.497 e. The van der Waals surface area contributed by atoms with E-state index in [2.05, 4.69) is 5.32 Å². The van der Waals surface area contributed by atoms with Gasteiger partial charge in [0.2, 0.25) is 17.7 Å². The Hall–Kier alpha value is -4.56. The minimum Gasteiger partial charge on any atom is -0.497 e. The van der Waals surface area contributed by atoms with Crippen molar-refractivity contribution in [3.63, 3.8) is 0 Å². The number of benzene rings is 3. The number of hydrogen-bond acceptors (Lipinski definition) is 8. The van der Waals surface area contributed by atoms with Crippen LogP contribution in [0.4, 0.5) is 24.5 Å². The third kappa shape index (κ3) is 5.59. The van der Waals surface area contributed by atoms with E-state index in [1.807, 2.05) is 0 Å². The summed E-state index contributed by atoms with van der Waals surface area (Å²) in [6, 6.07) is 17.5. The topological polar surface area (TPSA) is 107 Å². The van der Waals surface area contributed by atoms with E-state index in [9.17, 15) is 32.3 Å². The summed E-state index contributed by atoms with van der Waals surface area (Å²) in [5.41, 5.74) is -0.0980. The Morgan fingerprint density at radius 1 is 0.911 bits per heavy atom. The van der Waals surface area contributed by atoms with Gasteiger partial charge < -0.3 is 14.8 Å². The first kappa shape index (κ1) is 30.5. The second-order valence-corrected chi connectivity index (χ2v) is 12.4. The highest BCUT2D eigenvalue weighted by Gasteiger charge is 2.57. The first-order chi connectivity index (χ1) is 21.5. The van der Waals surface area contributed by atoms with Crippen LogP contribution in [0.15, 0.2) is 82.6 Å². The maximum Gasteiger partial charge on any atom is 0.416 e. The molecule has 0 unspecified atom stereocenters. The lowest BCUT2D eigenvalue weighted by molar-refractivity contribution is -0.137. The van der Waals surface area contributed by atoms with Gasteiger partial charge in [0.25, 0.3) is 0 Å². The molecule has 3 amide bonds. The molecule has 1 saturated heterocycles. The van der Waals surface area contributed by atoms with E-state index in [1.165, 1.54) is 24.9 Å². The first-order valence-electron chi connectivity index (χ1n) is 13.5. The van der Waals surface area contributed by atoms with E-state index >= 15 is 0 Å². The molecule has 0 saturated carbocycles. The van der Waals surface area contributed by atoms with Gasteiger partial charge >= 0.3 is 11.0 Å². The number of halogens is 3. The maximum atomic E-state index is 14.0. The van der Waals surface area contributed by atoms with Gasteiger partial charge in [-0.1, -0.05) is 41.3 Å². The van der Waals surface area contributed by atoms with Crippen molar-refractivity contribution in [2.45, 2.75) is 28.9 Å². The van der Waals surface area contributed by atoms with E-state index in [0.29, 0.717) is 32.7 Å². The molecule has 3 aromatic carbocycles. The average Bonchev–Trinajstić information content (AvgIpc) is 3.47. The minimum absolute atomic E-state index is 0.192. The SMILES string of the molecule is COc1ccc(NC(=O)Cn2c3c(sc2=O)[C@@H](c2ccc(OC)cc2)[C@@H]2C(=O)N(c4cccc(C(F)(F)F)c4)C(=O)[C@@H]2S3)cc1. The number of amides is 3. The molecule has 0 spiro atoms. The third-order valence-corrected chi connectivity index (χ3v) is 10.2. The Balaban J connectivity index is 1.39. The molecule has 1 fully saturated rings. The molecule has 1 N–H and O–H groups in total. The van der Waals surface area contributed by atoms with Crippen LogP contribution in [0.1, 0.15) is 21.9 Å². The van der Waals surface area contributed by atoms with Gasteiger partial charge in [0, 0.05) is 16.5 Å². The van der Waals surface area contributed by atoms with Crippen molar-refractivity contribution >= 4 is 52.2 Å². The number of carbonyl (C=O) groups is 3. The predicted octanol–water partition coefficient (Wildman–Crippen LogP) is 5.38. The number of ether oxygens (including phenoxy) is 2. The number of nitrogens with zero attached hydrogens (tertiary/aromatic N) is 2. The lowest BCUT2D eigenvalue weighted by atomic mass is 9.83. The standard InChI is InChI=1S/C31H24F3N3O6S2/c1-42-20-10-6-16(7-11-20)23-24-25(28(40)37(27(24)39)19-5-3-4-17(14-19)31(32,33)34)44-29-26(23)45-30(41)36(29)15-22(38)35-18-8-12-21(43-2)13-9-18/h3-14,23-25H,15H2,1-2H3,(H,35,38)/t23-,24-,25+/m0/s1.